The lowest BCUT2D eigenvalue weighted by Crippen LogP contribution is -2.35. The third-order valence-electron chi connectivity index (χ3n) is 2.04. The Bertz CT molecular complexity index is 130. The predicted octanol–water partition coefficient (Wildman–Crippen LogP) is 0.690. The molecule has 0 radical (unpaired) electrons. The molecule has 1 atom stereocenters. The molecule has 0 amide bonds. The molecular formula is C7H10BrO2-. The molecule has 0 aromatic carbocycles. The van der Waals surface area contributed by atoms with Crippen LogP contribution in [-0.4, -0.2) is 10.8 Å². The zero-order chi connectivity index (χ0) is 7.56. The van der Waals surface area contributed by atoms with Crippen LogP contribution in [0.1, 0.15) is 25.7 Å². The van der Waals surface area contributed by atoms with E-state index in [1.165, 1.54) is 12.8 Å². The maximum Gasteiger partial charge on any atom is 0.0569 e. The standard InChI is InChI=1S/C7H11BrO2/c8-6(7(9)10)5-3-1-2-4-5/h5-6H,1-4H2,(H,9,10)/p-1. The number of carbonyl (C=O) groups excluding carboxylic acids is 1. The van der Waals surface area contributed by atoms with Gasteiger partial charge in [0, 0.05) is 0 Å². The Morgan fingerprint density at radius 1 is 1.50 bits per heavy atom. The summed E-state index contributed by atoms with van der Waals surface area (Å²) >= 11 is 3.11. The lowest BCUT2D eigenvalue weighted by atomic mass is 10.0. The van der Waals surface area contributed by atoms with Crippen molar-refractivity contribution in [2.45, 2.75) is 30.5 Å². The Balaban J connectivity index is 2.39. The van der Waals surface area contributed by atoms with Crippen molar-refractivity contribution in [3.8, 4) is 0 Å². The van der Waals surface area contributed by atoms with Gasteiger partial charge in [-0.3, -0.25) is 0 Å². The van der Waals surface area contributed by atoms with Crippen molar-refractivity contribution < 1.29 is 9.90 Å². The van der Waals surface area contributed by atoms with E-state index in [4.69, 9.17) is 0 Å². The maximum absolute atomic E-state index is 10.3. The Morgan fingerprint density at radius 2 is 2.00 bits per heavy atom. The lowest BCUT2D eigenvalue weighted by Gasteiger charge is -2.17. The average Bonchev–Trinajstić information content (AvgIpc) is 2.36. The van der Waals surface area contributed by atoms with E-state index in [0.717, 1.165) is 12.8 Å². The molecule has 0 aromatic rings. The summed E-state index contributed by atoms with van der Waals surface area (Å²) in [5, 5.41) is 10.3. The van der Waals surface area contributed by atoms with Crippen LogP contribution in [0, 0.1) is 5.92 Å². The highest BCUT2D eigenvalue weighted by atomic mass is 79.9. The first-order chi connectivity index (χ1) is 4.72. The Morgan fingerprint density at radius 3 is 2.40 bits per heavy atom. The Hall–Kier alpha value is -0.0500. The molecule has 0 bridgehead atoms. The molecule has 3 heteroatoms. The fourth-order valence-corrected chi connectivity index (χ4v) is 1.97. The average molecular weight is 206 g/mol. The van der Waals surface area contributed by atoms with Gasteiger partial charge in [0.15, 0.2) is 0 Å². The second kappa shape index (κ2) is 3.37. The molecule has 1 saturated carbocycles. The third kappa shape index (κ3) is 1.72. The van der Waals surface area contributed by atoms with E-state index < -0.39 is 10.8 Å². The third-order valence-corrected chi connectivity index (χ3v) is 3.16. The Labute approximate surface area is 68.7 Å². The van der Waals surface area contributed by atoms with E-state index in [2.05, 4.69) is 15.9 Å². The largest absolute Gasteiger partial charge is 0.549 e. The molecule has 58 valence electrons. The normalized spacial score (nSPS) is 22.9. The van der Waals surface area contributed by atoms with Gasteiger partial charge in [0.25, 0.3) is 0 Å². The van der Waals surface area contributed by atoms with Gasteiger partial charge in [-0.1, -0.05) is 28.8 Å². The number of alkyl halides is 1. The summed E-state index contributed by atoms with van der Waals surface area (Å²) < 4.78 is 0. The van der Waals surface area contributed by atoms with E-state index in [1.807, 2.05) is 0 Å². The second-order valence-electron chi connectivity index (χ2n) is 2.77. The number of carbonyl (C=O) groups is 1. The molecule has 0 heterocycles. The summed E-state index contributed by atoms with van der Waals surface area (Å²) in [5.74, 6) is -0.656. The summed E-state index contributed by atoms with van der Waals surface area (Å²) in [7, 11) is 0. The molecule has 1 rings (SSSR count). The maximum atomic E-state index is 10.3. The molecule has 0 aromatic heterocycles. The molecule has 0 saturated heterocycles. The number of hydrogen-bond acceptors (Lipinski definition) is 2. The highest BCUT2D eigenvalue weighted by Crippen LogP contribution is 2.30. The summed E-state index contributed by atoms with van der Waals surface area (Å²) in [4.78, 5) is 9.91. The van der Waals surface area contributed by atoms with Crippen molar-refractivity contribution in [3.05, 3.63) is 0 Å². The van der Waals surface area contributed by atoms with E-state index >= 15 is 0 Å². The van der Waals surface area contributed by atoms with Gasteiger partial charge in [0.05, 0.1) is 10.8 Å². The number of hydrogen-bond donors (Lipinski definition) is 0. The first-order valence-electron chi connectivity index (χ1n) is 3.56. The molecule has 0 aliphatic heterocycles. The quantitative estimate of drug-likeness (QED) is 0.623. The number of carboxylic acid groups (broad SMARTS) is 1. The smallest absolute Gasteiger partial charge is 0.0569 e. The fraction of sp³-hybridized carbons (Fsp3) is 0.857. The summed E-state index contributed by atoms with van der Waals surface area (Å²) in [6.45, 7) is 0. The minimum Gasteiger partial charge on any atom is -0.549 e. The summed E-state index contributed by atoms with van der Waals surface area (Å²) in [6.07, 6.45) is 4.40. The van der Waals surface area contributed by atoms with Gasteiger partial charge in [0.1, 0.15) is 0 Å². The first kappa shape index (κ1) is 8.05. The molecular weight excluding hydrogens is 196 g/mol. The van der Waals surface area contributed by atoms with Gasteiger partial charge in [-0.2, -0.15) is 0 Å². The van der Waals surface area contributed by atoms with Gasteiger partial charge in [-0.15, -0.1) is 0 Å². The van der Waals surface area contributed by atoms with Crippen molar-refractivity contribution in [1.29, 1.82) is 0 Å². The second-order valence-corrected chi connectivity index (χ2v) is 3.75. The highest BCUT2D eigenvalue weighted by molar-refractivity contribution is 9.10. The number of halogens is 1. The van der Waals surface area contributed by atoms with Crippen LogP contribution in [0.3, 0.4) is 0 Å². The molecule has 10 heavy (non-hydrogen) atoms. The zero-order valence-electron chi connectivity index (χ0n) is 5.68. The van der Waals surface area contributed by atoms with Gasteiger partial charge in [-0.25, -0.2) is 0 Å². The van der Waals surface area contributed by atoms with Crippen molar-refractivity contribution in [2.24, 2.45) is 5.92 Å². The number of rotatable bonds is 2. The molecule has 1 fully saturated rings. The van der Waals surface area contributed by atoms with Crippen LogP contribution in [0.5, 0.6) is 0 Å². The van der Waals surface area contributed by atoms with E-state index in [9.17, 15) is 9.90 Å². The van der Waals surface area contributed by atoms with Gasteiger partial charge in [0.2, 0.25) is 0 Å². The molecule has 1 aliphatic rings. The first-order valence-corrected chi connectivity index (χ1v) is 4.48. The predicted molar refractivity (Wildman–Crippen MR) is 39.7 cm³/mol. The lowest BCUT2D eigenvalue weighted by molar-refractivity contribution is -0.305. The van der Waals surface area contributed by atoms with Crippen molar-refractivity contribution in [1.82, 2.24) is 0 Å². The fourth-order valence-electron chi connectivity index (χ4n) is 1.44. The highest BCUT2D eigenvalue weighted by Gasteiger charge is 2.23. The molecule has 2 nitrogen and oxygen atoms in total. The van der Waals surface area contributed by atoms with Gasteiger partial charge in [-0.05, 0) is 18.8 Å². The SMILES string of the molecule is O=C([O-])C(Br)C1CCCC1. The summed E-state index contributed by atoms with van der Waals surface area (Å²) in [6, 6.07) is 0. The molecule has 0 N–H and O–H groups in total. The topological polar surface area (TPSA) is 40.1 Å². The van der Waals surface area contributed by atoms with Crippen molar-refractivity contribution >= 4 is 21.9 Å². The van der Waals surface area contributed by atoms with Crippen molar-refractivity contribution in [3.63, 3.8) is 0 Å². The van der Waals surface area contributed by atoms with Gasteiger partial charge < -0.3 is 9.90 Å². The van der Waals surface area contributed by atoms with Crippen LogP contribution in [0.4, 0.5) is 0 Å². The zero-order valence-corrected chi connectivity index (χ0v) is 7.26. The van der Waals surface area contributed by atoms with Crippen molar-refractivity contribution in [2.75, 3.05) is 0 Å². The minimum absolute atomic E-state index is 0.310. The monoisotopic (exact) mass is 205 g/mol. The number of aliphatic carboxylic acids is 1. The Kier molecular flexibility index (Phi) is 2.72. The van der Waals surface area contributed by atoms with Crippen LogP contribution >= 0.6 is 15.9 Å². The van der Waals surface area contributed by atoms with Crippen LogP contribution in [0.15, 0.2) is 0 Å². The number of carboxylic acids is 1. The van der Waals surface area contributed by atoms with E-state index in [1.54, 1.807) is 0 Å². The summed E-state index contributed by atoms with van der Waals surface area (Å²) in [5.41, 5.74) is 0. The molecule has 1 unspecified atom stereocenters. The van der Waals surface area contributed by atoms with Crippen LogP contribution < -0.4 is 5.11 Å². The van der Waals surface area contributed by atoms with Crippen LogP contribution in [0.2, 0.25) is 0 Å². The van der Waals surface area contributed by atoms with Crippen LogP contribution in [0.25, 0.3) is 0 Å². The molecule has 0 spiro atoms. The molecule has 1 aliphatic carbocycles. The van der Waals surface area contributed by atoms with Gasteiger partial charge >= 0.3 is 0 Å². The minimum atomic E-state index is -0.966. The van der Waals surface area contributed by atoms with E-state index in [-0.39, 0.29) is 0 Å². The van der Waals surface area contributed by atoms with E-state index in [0.29, 0.717) is 5.92 Å². The van der Waals surface area contributed by atoms with Crippen LogP contribution in [-0.2, 0) is 4.79 Å².